The van der Waals surface area contributed by atoms with Gasteiger partial charge in [-0.05, 0) is 43.3 Å². The van der Waals surface area contributed by atoms with Crippen LogP contribution in [0.1, 0.15) is 17.3 Å². The van der Waals surface area contributed by atoms with Crippen LogP contribution in [0.25, 0.3) is 11.3 Å². The van der Waals surface area contributed by atoms with Gasteiger partial charge in [-0.15, -0.1) is 11.3 Å². The lowest BCUT2D eigenvalue weighted by atomic mass is 10.1. The van der Waals surface area contributed by atoms with Crippen LogP contribution >= 0.6 is 11.3 Å². The van der Waals surface area contributed by atoms with E-state index in [0.29, 0.717) is 22.8 Å². The smallest absolute Gasteiger partial charge is 0.344 e. The van der Waals surface area contributed by atoms with Crippen molar-refractivity contribution in [2.75, 3.05) is 32.2 Å². The van der Waals surface area contributed by atoms with Gasteiger partial charge in [-0.2, -0.15) is 0 Å². The van der Waals surface area contributed by atoms with Crippen molar-refractivity contribution in [1.82, 2.24) is 0 Å². The van der Waals surface area contributed by atoms with Gasteiger partial charge < -0.3 is 28.7 Å². The molecule has 0 spiro atoms. The van der Waals surface area contributed by atoms with Crippen molar-refractivity contribution in [3.05, 3.63) is 53.6 Å². The SMILES string of the molecule is CCOC(=O)c1c(-c2ccco2)csc1NC(=O)COC(=O)COc1ccc(OC)cc1. The highest BCUT2D eigenvalue weighted by Crippen LogP contribution is 2.36. The third-order valence-corrected chi connectivity index (χ3v) is 4.99. The fourth-order valence-electron chi connectivity index (χ4n) is 2.63. The molecule has 1 aromatic carbocycles. The zero-order chi connectivity index (χ0) is 22.9. The van der Waals surface area contributed by atoms with Gasteiger partial charge in [-0.3, -0.25) is 4.79 Å². The molecule has 2 aromatic heterocycles. The standard InChI is InChI=1S/C22H21NO8S/c1-3-28-22(26)20-16(17-5-4-10-29-17)13-32-21(20)23-18(24)11-31-19(25)12-30-15-8-6-14(27-2)7-9-15/h4-10,13H,3,11-12H2,1-2H3,(H,23,24). The Morgan fingerprint density at radius 2 is 1.78 bits per heavy atom. The Morgan fingerprint density at radius 3 is 2.44 bits per heavy atom. The highest BCUT2D eigenvalue weighted by Gasteiger charge is 2.24. The number of carbonyl (C=O) groups excluding carboxylic acids is 3. The summed E-state index contributed by atoms with van der Waals surface area (Å²) in [6.07, 6.45) is 1.48. The summed E-state index contributed by atoms with van der Waals surface area (Å²) in [6.45, 7) is 0.949. The quantitative estimate of drug-likeness (QED) is 0.456. The second-order valence-corrected chi connectivity index (χ2v) is 7.10. The van der Waals surface area contributed by atoms with Crippen molar-refractivity contribution >= 4 is 34.2 Å². The number of amides is 1. The number of methoxy groups -OCH3 is 1. The molecule has 0 aliphatic heterocycles. The molecule has 0 radical (unpaired) electrons. The molecule has 1 N–H and O–H groups in total. The predicted molar refractivity (Wildman–Crippen MR) is 116 cm³/mol. The molecule has 10 heteroatoms. The molecular formula is C22H21NO8S. The number of ether oxygens (including phenoxy) is 4. The lowest BCUT2D eigenvalue weighted by Crippen LogP contribution is -2.24. The molecule has 168 valence electrons. The summed E-state index contributed by atoms with van der Waals surface area (Å²) in [7, 11) is 1.54. The second kappa shape index (κ2) is 11.0. The van der Waals surface area contributed by atoms with Crippen molar-refractivity contribution in [3.63, 3.8) is 0 Å². The number of carbonyl (C=O) groups is 3. The number of anilines is 1. The lowest BCUT2D eigenvalue weighted by molar-refractivity contribution is -0.149. The van der Waals surface area contributed by atoms with E-state index >= 15 is 0 Å². The molecule has 0 fully saturated rings. The number of benzene rings is 1. The van der Waals surface area contributed by atoms with E-state index in [1.54, 1.807) is 55.8 Å². The van der Waals surface area contributed by atoms with Gasteiger partial charge in [-0.25, -0.2) is 9.59 Å². The topological polar surface area (TPSA) is 113 Å². The minimum atomic E-state index is -0.718. The number of nitrogens with one attached hydrogen (secondary N) is 1. The fourth-order valence-corrected chi connectivity index (χ4v) is 3.59. The zero-order valence-corrected chi connectivity index (χ0v) is 18.2. The first kappa shape index (κ1) is 22.9. The monoisotopic (exact) mass is 459 g/mol. The second-order valence-electron chi connectivity index (χ2n) is 6.22. The maximum absolute atomic E-state index is 12.4. The Bertz CT molecular complexity index is 1060. The van der Waals surface area contributed by atoms with Crippen LogP contribution in [0, 0.1) is 0 Å². The van der Waals surface area contributed by atoms with Gasteiger partial charge in [0.05, 0.1) is 20.0 Å². The van der Waals surface area contributed by atoms with Crippen LogP contribution in [-0.4, -0.2) is 44.8 Å². The molecule has 9 nitrogen and oxygen atoms in total. The number of rotatable bonds is 10. The Balaban J connectivity index is 1.56. The maximum atomic E-state index is 12.4. The summed E-state index contributed by atoms with van der Waals surface area (Å²) in [5.41, 5.74) is 0.674. The maximum Gasteiger partial charge on any atom is 0.344 e. The van der Waals surface area contributed by atoms with Gasteiger partial charge in [0.1, 0.15) is 27.8 Å². The van der Waals surface area contributed by atoms with Crippen LogP contribution < -0.4 is 14.8 Å². The van der Waals surface area contributed by atoms with E-state index in [9.17, 15) is 14.4 Å². The molecule has 32 heavy (non-hydrogen) atoms. The number of furan rings is 1. The van der Waals surface area contributed by atoms with Gasteiger partial charge in [0.2, 0.25) is 0 Å². The molecular weight excluding hydrogens is 438 g/mol. The van der Waals surface area contributed by atoms with E-state index in [2.05, 4.69) is 5.32 Å². The Kier molecular flexibility index (Phi) is 7.87. The van der Waals surface area contributed by atoms with Crippen molar-refractivity contribution in [2.45, 2.75) is 6.92 Å². The average molecular weight is 459 g/mol. The summed E-state index contributed by atoms with van der Waals surface area (Å²) in [5.74, 6) is -0.352. The molecule has 0 bridgehead atoms. The van der Waals surface area contributed by atoms with E-state index in [-0.39, 0.29) is 23.8 Å². The minimum absolute atomic E-state index is 0.172. The Hall–Kier alpha value is -3.79. The van der Waals surface area contributed by atoms with Crippen LogP contribution in [0.5, 0.6) is 11.5 Å². The van der Waals surface area contributed by atoms with Crippen LogP contribution in [0.4, 0.5) is 5.00 Å². The highest BCUT2D eigenvalue weighted by molar-refractivity contribution is 7.15. The average Bonchev–Trinajstić information content (AvgIpc) is 3.46. The lowest BCUT2D eigenvalue weighted by Gasteiger charge is -2.09. The third kappa shape index (κ3) is 5.88. The molecule has 0 aliphatic carbocycles. The summed E-state index contributed by atoms with van der Waals surface area (Å²) >= 11 is 1.13. The largest absolute Gasteiger partial charge is 0.497 e. The summed E-state index contributed by atoms with van der Waals surface area (Å²) in [6, 6.07) is 10.0. The number of esters is 2. The van der Waals surface area contributed by atoms with Crippen LogP contribution in [0.3, 0.4) is 0 Å². The van der Waals surface area contributed by atoms with Gasteiger partial charge in [0.15, 0.2) is 13.2 Å². The van der Waals surface area contributed by atoms with Crippen molar-refractivity contribution in [3.8, 4) is 22.8 Å². The fraction of sp³-hybridized carbons (Fsp3) is 0.227. The zero-order valence-electron chi connectivity index (χ0n) is 17.4. The minimum Gasteiger partial charge on any atom is -0.497 e. The molecule has 0 saturated heterocycles. The summed E-state index contributed by atoms with van der Waals surface area (Å²) < 4.78 is 25.7. The summed E-state index contributed by atoms with van der Waals surface area (Å²) in [5, 5.41) is 4.52. The molecule has 0 saturated carbocycles. The first-order valence-electron chi connectivity index (χ1n) is 9.56. The van der Waals surface area contributed by atoms with E-state index in [1.165, 1.54) is 6.26 Å². The van der Waals surface area contributed by atoms with Crippen LogP contribution in [0.15, 0.2) is 52.5 Å². The Labute approximate surface area is 187 Å². The van der Waals surface area contributed by atoms with Gasteiger partial charge >= 0.3 is 11.9 Å². The Morgan fingerprint density at radius 1 is 1.03 bits per heavy atom. The van der Waals surface area contributed by atoms with E-state index in [0.717, 1.165) is 11.3 Å². The molecule has 0 unspecified atom stereocenters. The summed E-state index contributed by atoms with van der Waals surface area (Å²) in [4.78, 5) is 36.6. The molecule has 0 aliphatic rings. The first-order chi connectivity index (χ1) is 15.5. The normalized spacial score (nSPS) is 10.3. The molecule has 2 heterocycles. The molecule has 1 amide bonds. The number of hydrogen-bond acceptors (Lipinski definition) is 9. The van der Waals surface area contributed by atoms with Gasteiger partial charge in [-0.1, -0.05) is 0 Å². The van der Waals surface area contributed by atoms with E-state index in [1.807, 2.05) is 0 Å². The van der Waals surface area contributed by atoms with Crippen LogP contribution in [0.2, 0.25) is 0 Å². The van der Waals surface area contributed by atoms with Gasteiger partial charge in [0, 0.05) is 10.9 Å². The molecule has 3 aromatic rings. The molecule has 3 rings (SSSR count). The van der Waals surface area contributed by atoms with Gasteiger partial charge in [0.25, 0.3) is 5.91 Å². The van der Waals surface area contributed by atoms with Crippen molar-refractivity contribution in [2.24, 2.45) is 0 Å². The van der Waals surface area contributed by atoms with E-state index < -0.39 is 24.5 Å². The van der Waals surface area contributed by atoms with Crippen molar-refractivity contribution in [1.29, 1.82) is 0 Å². The first-order valence-corrected chi connectivity index (χ1v) is 10.4. The predicted octanol–water partition coefficient (Wildman–Crippen LogP) is 3.75. The number of hydrogen-bond donors (Lipinski definition) is 1. The van der Waals surface area contributed by atoms with Crippen molar-refractivity contribution < 1.29 is 37.7 Å². The van der Waals surface area contributed by atoms with E-state index in [4.69, 9.17) is 23.4 Å². The number of thiophene rings is 1. The van der Waals surface area contributed by atoms with Crippen LogP contribution in [-0.2, 0) is 19.1 Å². The third-order valence-electron chi connectivity index (χ3n) is 4.09. The molecule has 0 atom stereocenters. The highest BCUT2D eigenvalue weighted by atomic mass is 32.1.